The van der Waals surface area contributed by atoms with E-state index >= 15 is 0 Å². The summed E-state index contributed by atoms with van der Waals surface area (Å²) in [5.41, 5.74) is 0.477. The molecular formula is C19H21NO8S. The van der Waals surface area contributed by atoms with Crippen molar-refractivity contribution in [2.45, 2.75) is 26.9 Å². The number of hydrogen-bond acceptors (Lipinski definition) is 9. The Labute approximate surface area is 171 Å². The second-order valence-electron chi connectivity index (χ2n) is 6.15. The van der Waals surface area contributed by atoms with Crippen LogP contribution in [0.4, 0.5) is 4.79 Å². The molecule has 1 fully saturated rings. The first-order valence-corrected chi connectivity index (χ1v) is 9.37. The molecule has 1 aliphatic heterocycles. The van der Waals surface area contributed by atoms with Gasteiger partial charge in [-0.15, -0.1) is 0 Å². The summed E-state index contributed by atoms with van der Waals surface area (Å²) in [7, 11) is 2.78. The van der Waals surface area contributed by atoms with E-state index in [0.29, 0.717) is 17.3 Å². The van der Waals surface area contributed by atoms with Crippen LogP contribution in [0, 0.1) is 0 Å². The van der Waals surface area contributed by atoms with Gasteiger partial charge in [0.25, 0.3) is 11.1 Å². The van der Waals surface area contributed by atoms with Crippen LogP contribution in [-0.2, 0) is 19.1 Å². The number of thioether (sulfide) groups is 1. The number of benzene rings is 1. The topological polar surface area (TPSA) is 108 Å². The van der Waals surface area contributed by atoms with Crippen molar-refractivity contribution in [2.24, 2.45) is 0 Å². The Bertz CT molecular complexity index is 852. The zero-order chi connectivity index (χ0) is 21.7. The number of carbonyl (C=O) groups excluding carboxylic acids is 4. The molecule has 0 aromatic heterocycles. The normalized spacial score (nSPS) is 15.1. The zero-order valence-corrected chi connectivity index (χ0v) is 17.5. The summed E-state index contributed by atoms with van der Waals surface area (Å²) in [5, 5.41) is -0.572. The first-order valence-electron chi connectivity index (χ1n) is 8.55. The molecule has 2 rings (SSSR count). The number of ether oxygens (including phenoxy) is 4. The highest BCUT2D eigenvalue weighted by Gasteiger charge is 2.37. The van der Waals surface area contributed by atoms with Crippen LogP contribution in [0.25, 0.3) is 6.08 Å². The van der Waals surface area contributed by atoms with E-state index in [0.717, 1.165) is 4.90 Å². The Kier molecular flexibility index (Phi) is 7.27. The fraction of sp³-hybridized carbons (Fsp3) is 0.368. The molecule has 1 aromatic rings. The van der Waals surface area contributed by atoms with E-state index in [9.17, 15) is 19.2 Å². The van der Waals surface area contributed by atoms with Gasteiger partial charge in [-0.3, -0.25) is 24.1 Å². The summed E-state index contributed by atoms with van der Waals surface area (Å²) in [6, 6.07) is 3.06. The summed E-state index contributed by atoms with van der Waals surface area (Å²) < 4.78 is 20.6. The van der Waals surface area contributed by atoms with Gasteiger partial charge < -0.3 is 18.9 Å². The summed E-state index contributed by atoms with van der Waals surface area (Å²) in [4.78, 5) is 48.7. The molecule has 0 atom stereocenters. The van der Waals surface area contributed by atoms with Crippen LogP contribution < -0.4 is 14.2 Å². The molecule has 0 N–H and O–H groups in total. The number of amides is 2. The van der Waals surface area contributed by atoms with Crippen molar-refractivity contribution in [3.8, 4) is 17.2 Å². The van der Waals surface area contributed by atoms with Gasteiger partial charge in [-0.05, 0) is 49.4 Å². The first kappa shape index (κ1) is 22.3. The largest absolute Gasteiger partial charge is 0.493 e. The predicted octanol–water partition coefficient (Wildman–Crippen LogP) is 2.62. The van der Waals surface area contributed by atoms with E-state index in [4.69, 9.17) is 18.9 Å². The Morgan fingerprint density at radius 3 is 2.21 bits per heavy atom. The van der Waals surface area contributed by atoms with E-state index in [1.165, 1.54) is 39.4 Å². The molecule has 9 nitrogen and oxygen atoms in total. The number of methoxy groups -OCH3 is 2. The van der Waals surface area contributed by atoms with Gasteiger partial charge in [0, 0.05) is 6.92 Å². The van der Waals surface area contributed by atoms with Crippen LogP contribution in [0.1, 0.15) is 26.3 Å². The maximum atomic E-state index is 12.5. The molecule has 0 saturated carbocycles. The van der Waals surface area contributed by atoms with Crippen molar-refractivity contribution >= 4 is 40.9 Å². The molecular weight excluding hydrogens is 402 g/mol. The highest BCUT2D eigenvalue weighted by molar-refractivity contribution is 8.18. The van der Waals surface area contributed by atoms with Crippen molar-refractivity contribution in [1.29, 1.82) is 0 Å². The monoisotopic (exact) mass is 423 g/mol. The first-order chi connectivity index (χ1) is 13.7. The third-order valence-corrected chi connectivity index (χ3v) is 4.46. The van der Waals surface area contributed by atoms with Crippen LogP contribution in [0.15, 0.2) is 17.0 Å². The molecule has 0 aliphatic carbocycles. The molecule has 10 heteroatoms. The fourth-order valence-electron chi connectivity index (χ4n) is 2.44. The van der Waals surface area contributed by atoms with Gasteiger partial charge >= 0.3 is 11.9 Å². The minimum Gasteiger partial charge on any atom is -0.493 e. The van der Waals surface area contributed by atoms with Crippen molar-refractivity contribution in [3.05, 3.63) is 22.6 Å². The number of carbonyl (C=O) groups is 4. The molecule has 0 unspecified atom stereocenters. The lowest BCUT2D eigenvalue weighted by atomic mass is 10.1. The zero-order valence-electron chi connectivity index (χ0n) is 16.6. The van der Waals surface area contributed by atoms with E-state index in [1.54, 1.807) is 13.8 Å². The molecule has 156 valence electrons. The number of nitrogens with zero attached hydrogens (tertiary/aromatic N) is 1. The molecule has 1 aliphatic rings. The summed E-state index contributed by atoms with van der Waals surface area (Å²) >= 11 is 0.703. The second kappa shape index (κ2) is 9.46. The van der Waals surface area contributed by atoms with Crippen LogP contribution in [0.5, 0.6) is 17.2 Å². The SMILES string of the molecule is COc1cc(/C=C2\SC(=O)N(CC(=O)OC(C)C)C2=O)cc(OC)c1OC(C)=O. The standard InChI is InChI=1S/C19H21NO8S/c1-10(2)27-16(22)9-20-18(23)15(29-19(20)24)8-12-6-13(25-4)17(28-11(3)21)14(7-12)26-5/h6-8,10H,9H2,1-5H3/b15-8-. The molecule has 29 heavy (non-hydrogen) atoms. The van der Waals surface area contributed by atoms with E-state index in [-0.39, 0.29) is 28.3 Å². The number of imide groups is 1. The quantitative estimate of drug-likeness (QED) is 0.371. The average Bonchev–Trinajstić information content (AvgIpc) is 2.88. The van der Waals surface area contributed by atoms with Crippen molar-refractivity contribution < 1.29 is 38.1 Å². The van der Waals surface area contributed by atoms with Gasteiger partial charge in [0.1, 0.15) is 6.54 Å². The number of hydrogen-bond donors (Lipinski definition) is 0. The minimum absolute atomic E-state index is 0.101. The van der Waals surface area contributed by atoms with E-state index in [1.807, 2.05) is 0 Å². The third kappa shape index (κ3) is 5.50. The Balaban J connectivity index is 2.31. The lowest BCUT2D eigenvalue weighted by Gasteiger charge is -2.14. The summed E-state index contributed by atoms with van der Waals surface area (Å²) in [6.07, 6.45) is 1.11. The average molecular weight is 423 g/mol. The lowest BCUT2D eigenvalue weighted by molar-refractivity contribution is -0.149. The van der Waals surface area contributed by atoms with Crippen molar-refractivity contribution in [2.75, 3.05) is 20.8 Å². The highest BCUT2D eigenvalue weighted by atomic mass is 32.2. The van der Waals surface area contributed by atoms with E-state index in [2.05, 4.69) is 0 Å². The van der Waals surface area contributed by atoms with Crippen LogP contribution in [-0.4, -0.2) is 54.9 Å². The minimum atomic E-state index is -0.669. The van der Waals surface area contributed by atoms with Gasteiger partial charge in [0.15, 0.2) is 11.5 Å². The van der Waals surface area contributed by atoms with Gasteiger partial charge in [0.05, 0.1) is 25.2 Å². The van der Waals surface area contributed by atoms with Crippen LogP contribution in [0.2, 0.25) is 0 Å². The number of rotatable bonds is 7. The van der Waals surface area contributed by atoms with Crippen molar-refractivity contribution in [1.82, 2.24) is 4.90 Å². The smallest absolute Gasteiger partial charge is 0.326 e. The van der Waals surface area contributed by atoms with Crippen molar-refractivity contribution in [3.63, 3.8) is 0 Å². The predicted molar refractivity (Wildman–Crippen MR) is 105 cm³/mol. The molecule has 1 heterocycles. The van der Waals surface area contributed by atoms with Crippen LogP contribution >= 0.6 is 11.8 Å². The second-order valence-corrected chi connectivity index (χ2v) is 7.15. The maximum absolute atomic E-state index is 12.5. The van der Waals surface area contributed by atoms with Crippen LogP contribution in [0.3, 0.4) is 0 Å². The van der Waals surface area contributed by atoms with Gasteiger partial charge in [-0.25, -0.2) is 0 Å². The van der Waals surface area contributed by atoms with Gasteiger partial charge in [0.2, 0.25) is 5.75 Å². The third-order valence-electron chi connectivity index (χ3n) is 3.55. The van der Waals surface area contributed by atoms with Gasteiger partial charge in [-0.1, -0.05) is 0 Å². The Morgan fingerprint density at radius 2 is 1.72 bits per heavy atom. The molecule has 0 radical (unpaired) electrons. The lowest BCUT2D eigenvalue weighted by Crippen LogP contribution is -2.35. The molecule has 2 amide bonds. The molecule has 1 aromatic carbocycles. The van der Waals surface area contributed by atoms with Gasteiger partial charge in [-0.2, -0.15) is 0 Å². The number of esters is 2. The van der Waals surface area contributed by atoms with E-state index < -0.39 is 29.6 Å². The highest BCUT2D eigenvalue weighted by Crippen LogP contribution is 2.40. The molecule has 0 bridgehead atoms. The summed E-state index contributed by atoms with van der Waals surface area (Å²) in [6.45, 7) is 4.13. The molecule has 0 spiro atoms. The summed E-state index contributed by atoms with van der Waals surface area (Å²) in [5.74, 6) is -1.30. The Morgan fingerprint density at radius 1 is 1.14 bits per heavy atom. The Hall–Kier alpha value is -3.01. The fourth-order valence-corrected chi connectivity index (χ4v) is 3.28. The molecule has 1 saturated heterocycles. The maximum Gasteiger partial charge on any atom is 0.326 e.